The molecule has 0 radical (unpaired) electrons. The summed E-state index contributed by atoms with van der Waals surface area (Å²) in [5.41, 5.74) is 2.07. The third-order valence-electron chi connectivity index (χ3n) is 2.51. The maximum Gasteiger partial charge on any atom is 0.0570 e. The van der Waals surface area contributed by atoms with Crippen LogP contribution in [0.3, 0.4) is 0 Å². The molecule has 0 aliphatic carbocycles. The van der Waals surface area contributed by atoms with Crippen molar-refractivity contribution in [3.05, 3.63) is 58.6 Å². The summed E-state index contributed by atoms with van der Waals surface area (Å²) in [5.74, 6) is 0. The molecule has 0 aliphatic heterocycles. The number of rotatable bonds is 4. The van der Waals surface area contributed by atoms with E-state index in [0.29, 0.717) is 0 Å². The van der Waals surface area contributed by atoms with Crippen LogP contribution < -0.4 is 5.32 Å². The molecule has 3 nitrogen and oxygen atoms in total. The van der Waals surface area contributed by atoms with Gasteiger partial charge in [-0.3, -0.25) is 9.97 Å². The minimum atomic E-state index is 0.224. The van der Waals surface area contributed by atoms with Crippen LogP contribution in [0.15, 0.2) is 47.2 Å². The molecule has 0 amide bonds. The molecular weight excluding hydrogens is 278 g/mol. The van der Waals surface area contributed by atoms with Crippen molar-refractivity contribution in [2.75, 3.05) is 0 Å². The summed E-state index contributed by atoms with van der Waals surface area (Å²) >= 11 is 3.37. The number of halogens is 1. The van der Waals surface area contributed by atoms with Crippen molar-refractivity contribution in [2.24, 2.45) is 0 Å². The molecular formula is C13H14BrN3. The van der Waals surface area contributed by atoms with Crippen LogP contribution in [0, 0.1) is 0 Å². The van der Waals surface area contributed by atoms with E-state index >= 15 is 0 Å². The minimum absolute atomic E-state index is 0.224. The van der Waals surface area contributed by atoms with Gasteiger partial charge in [-0.2, -0.15) is 0 Å². The van der Waals surface area contributed by atoms with Gasteiger partial charge >= 0.3 is 0 Å². The van der Waals surface area contributed by atoms with Crippen molar-refractivity contribution >= 4 is 15.9 Å². The maximum absolute atomic E-state index is 4.31. The summed E-state index contributed by atoms with van der Waals surface area (Å²) in [4.78, 5) is 8.63. The molecule has 1 atom stereocenters. The van der Waals surface area contributed by atoms with Gasteiger partial charge < -0.3 is 5.32 Å². The first-order valence-electron chi connectivity index (χ1n) is 5.50. The Kier molecular flexibility index (Phi) is 4.23. The average molecular weight is 292 g/mol. The molecule has 2 rings (SSSR count). The first-order chi connectivity index (χ1) is 8.25. The molecule has 0 fully saturated rings. The molecule has 2 aromatic heterocycles. The number of nitrogens with zero attached hydrogens (tertiary/aromatic N) is 2. The van der Waals surface area contributed by atoms with Crippen molar-refractivity contribution in [3.8, 4) is 0 Å². The van der Waals surface area contributed by atoms with Gasteiger partial charge in [0.05, 0.1) is 11.4 Å². The second-order valence-corrected chi connectivity index (χ2v) is 4.74. The molecule has 0 bridgehead atoms. The van der Waals surface area contributed by atoms with Gasteiger partial charge in [0.25, 0.3) is 0 Å². The quantitative estimate of drug-likeness (QED) is 0.941. The molecule has 0 spiro atoms. The number of aromatic nitrogens is 2. The van der Waals surface area contributed by atoms with Crippen LogP contribution in [0.25, 0.3) is 0 Å². The Morgan fingerprint density at radius 3 is 2.76 bits per heavy atom. The highest BCUT2D eigenvalue weighted by molar-refractivity contribution is 9.10. The predicted octanol–water partition coefficient (Wildman–Crippen LogP) is 3.09. The van der Waals surface area contributed by atoms with E-state index in [9.17, 15) is 0 Å². The Morgan fingerprint density at radius 1 is 1.24 bits per heavy atom. The Hall–Kier alpha value is -1.26. The Bertz CT molecular complexity index is 456. The number of hydrogen-bond acceptors (Lipinski definition) is 3. The lowest BCUT2D eigenvalue weighted by Crippen LogP contribution is -2.19. The highest BCUT2D eigenvalue weighted by Crippen LogP contribution is 2.10. The van der Waals surface area contributed by atoms with Crippen molar-refractivity contribution in [3.63, 3.8) is 0 Å². The first kappa shape index (κ1) is 12.2. The summed E-state index contributed by atoms with van der Waals surface area (Å²) in [6, 6.07) is 10.2. The van der Waals surface area contributed by atoms with E-state index < -0.39 is 0 Å². The molecule has 0 saturated heterocycles. The fourth-order valence-electron chi connectivity index (χ4n) is 1.51. The lowest BCUT2D eigenvalue weighted by molar-refractivity contribution is 0.555. The van der Waals surface area contributed by atoms with Crippen LogP contribution in [0.1, 0.15) is 24.4 Å². The molecule has 2 heterocycles. The first-order valence-corrected chi connectivity index (χ1v) is 6.30. The second-order valence-electron chi connectivity index (χ2n) is 3.82. The van der Waals surface area contributed by atoms with Crippen molar-refractivity contribution in [1.29, 1.82) is 0 Å². The molecule has 88 valence electrons. The summed E-state index contributed by atoms with van der Waals surface area (Å²) in [7, 11) is 0. The van der Waals surface area contributed by atoms with Gasteiger partial charge in [-0.05, 0) is 47.1 Å². The van der Waals surface area contributed by atoms with E-state index in [1.807, 2.05) is 42.7 Å². The number of pyridine rings is 2. The van der Waals surface area contributed by atoms with Gasteiger partial charge in [0, 0.05) is 29.5 Å². The second kappa shape index (κ2) is 5.89. The molecule has 0 saturated carbocycles. The van der Waals surface area contributed by atoms with Crippen LogP contribution in [0.2, 0.25) is 0 Å². The third-order valence-corrected chi connectivity index (χ3v) is 2.98. The standard InChI is InChI=1S/C13H14BrN3/c1-10(13-4-2-3-7-15-13)16-9-12-6-5-11(14)8-17-12/h2-8,10,16H,9H2,1H3. The van der Waals surface area contributed by atoms with Gasteiger partial charge in [0.15, 0.2) is 0 Å². The zero-order valence-corrected chi connectivity index (χ0v) is 11.2. The highest BCUT2D eigenvalue weighted by atomic mass is 79.9. The van der Waals surface area contributed by atoms with Gasteiger partial charge in [-0.15, -0.1) is 0 Å². The molecule has 4 heteroatoms. The molecule has 0 aliphatic rings. The minimum Gasteiger partial charge on any atom is -0.303 e. The maximum atomic E-state index is 4.31. The summed E-state index contributed by atoms with van der Waals surface area (Å²) in [5, 5.41) is 3.39. The lowest BCUT2D eigenvalue weighted by atomic mass is 10.2. The summed E-state index contributed by atoms with van der Waals surface area (Å²) < 4.78 is 0.999. The van der Waals surface area contributed by atoms with E-state index in [4.69, 9.17) is 0 Å². The number of hydrogen-bond donors (Lipinski definition) is 1. The Morgan fingerprint density at radius 2 is 2.12 bits per heavy atom. The van der Waals surface area contributed by atoms with Gasteiger partial charge in [-0.25, -0.2) is 0 Å². The van der Waals surface area contributed by atoms with Gasteiger partial charge in [0.2, 0.25) is 0 Å². The smallest absolute Gasteiger partial charge is 0.0570 e. The normalized spacial score (nSPS) is 12.4. The van der Waals surface area contributed by atoms with Gasteiger partial charge in [-0.1, -0.05) is 6.07 Å². The molecule has 1 unspecified atom stereocenters. The van der Waals surface area contributed by atoms with Crippen LogP contribution in [-0.4, -0.2) is 9.97 Å². The van der Waals surface area contributed by atoms with Crippen LogP contribution in [0.5, 0.6) is 0 Å². The van der Waals surface area contributed by atoms with Crippen LogP contribution in [-0.2, 0) is 6.54 Å². The fraction of sp³-hybridized carbons (Fsp3) is 0.231. The Labute approximate surface area is 109 Å². The topological polar surface area (TPSA) is 37.8 Å². The monoisotopic (exact) mass is 291 g/mol. The van der Waals surface area contributed by atoms with Crippen molar-refractivity contribution in [1.82, 2.24) is 15.3 Å². The molecule has 1 N–H and O–H groups in total. The molecule has 2 aromatic rings. The van der Waals surface area contributed by atoms with E-state index in [-0.39, 0.29) is 6.04 Å². The molecule has 0 aromatic carbocycles. The van der Waals surface area contributed by atoms with Gasteiger partial charge in [0.1, 0.15) is 0 Å². The van der Waals surface area contributed by atoms with E-state index in [2.05, 4.69) is 38.1 Å². The van der Waals surface area contributed by atoms with E-state index in [1.165, 1.54) is 0 Å². The van der Waals surface area contributed by atoms with Crippen molar-refractivity contribution in [2.45, 2.75) is 19.5 Å². The summed E-state index contributed by atoms with van der Waals surface area (Å²) in [6.07, 6.45) is 3.62. The lowest BCUT2D eigenvalue weighted by Gasteiger charge is -2.12. The average Bonchev–Trinajstić information content (AvgIpc) is 2.39. The molecule has 17 heavy (non-hydrogen) atoms. The van der Waals surface area contributed by atoms with E-state index in [1.54, 1.807) is 0 Å². The fourth-order valence-corrected chi connectivity index (χ4v) is 1.74. The Balaban J connectivity index is 1.92. The zero-order valence-electron chi connectivity index (χ0n) is 9.60. The zero-order chi connectivity index (χ0) is 12.1. The summed E-state index contributed by atoms with van der Waals surface area (Å²) in [6.45, 7) is 2.84. The van der Waals surface area contributed by atoms with Crippen LogP contribution in [0.4, 0.5) is 0 Å². The predicted molar refractivity (Wildman–Crippen MR) is 71.4 cm³/mol. The van der Waals surface area contributed by atoms with Crippen molar-refractivity contribution < 1.29 is 0 Å². The highest BCUT2D eigenvalue weighted by Gasteiger charge is 2.05. The largest absolute Gasteiger partial charge is 0.303 e. The SMILES string of the molecule is CC(NCc1ccc(Br)cn1)c1ccccn1. The van der Waals surface area contributed by atoms with E-state index in [0.717, 1.165) is 22.4 Å². The van der Waals surface area contributed by atoms with Crippen LogP contribution >= 0.6 is 15.9 Å². The number of nitrogens with one attached hydrogen (secondary N) is 1. The third kappa shape index (κ3) is 3.61.